The standard InChI is InChI=1S/C30H30N6S2/c1-2-3-13-28-31-27(30-37-16-17-38-30)20-36(28)19-21-14-15-24(26(18-21)22-9-5-4-6-10-22)23-11-7-8-12-25(23)29-32-34-35-33-29/h4-12,14-15,18,20,30H,2-3,13,16-17,19H2,1H3,(H,32,33,34,35). The Kier molecular flexibility index (Phi) is 7.60. The van der Waals surface area contributed by atoms with Crippen LogP contribution in [0, 0.1) is 0 Å². The van der Waals surface area contributed by atoms with Gasteiger partial charge in [-0.1, -0.05) is 80.1 Å². The maximum Gasteiger partial charge on any atom is 0.180 e. The fourth-order valence-corrected chi connectivity index (χ4v) is 7.69. The number of unbranched alkanes of at least 4 members (excludes halogenated alkanes) is 1. The van der Waals surface area contributed by atoms with Crippen molar-refractivity contribution in [2.75, 3.05) is 11.5 Å². The molecule has 2 aromatic heterocycles. The molecule has 0 atom stereocenters. The van der Waals surface area contributed by atoms with E-state index in [0.29, 0.717) is 10.4 Å². The maximum atomic E-state index is 5.11. The Hall–Kier alpha value is -3.36. The lowest BCUT2D eigenvalue weighted by Gasteiger charge is -2.16. The van der Waals surface area contributed by atoms with Crippen LogP contribution in [0.2, 0.25) is 0 Å². The molecule has 38 heavy (non-hydrogen) atoms. The first-order valence-corrected chi connectivity index (χ1v) is 15.2. The summed E-state index contributed by atoms with van der Waals surface area (Å²) in [5.74, 6) is 4.28. The molecule has 1 saturated heterocycles. The van der Waals surface area contributed by atoms with E-state index < -0.39 is 0 Å². The van der Waals surface area contributed by atoms with E-state index in [1.54, 1.807) is 0 Å². The van der Waals surface area contributed by atoms with Gasteiger partial charge in [0, 0.05) is 36.2 Å². The van der Waals surface area contributed by atoms with Gasteiger partial charge in [-0.05, 0) is 50.7 Å². The Labute approximate surface area is 231 Å². The number of aryl methyl sites for hydroxylation is 1. The molecule has 1 aliphatic rings. The molecule has 8 heteroatoms. The summed E-state index contributed by atoms with van der Waals surface area (Å²) in [6, 6.07) is 25.7. The van der Waals surface area contributed by atoms with Gasteiger partial charge in [-0.25, -0.2) is 10.1 Å². The molecule has 1 fully saturated rings. The van der Waals surface area contributed by atoms with Crippen LogP contribution in [0.15, 0.2) is 79.0 Å². The zero-order chi connectivity index (χ0) is 25.7. The molecule has 1 N–H and O–H groups in total. The fourth-order valence-electron chi connectivity index (χ4n) is 4.97. The number of aromatic nitrogens is 6. The zero-order valence-electron chi connectivity index (χ0n) is 21.4. The number of hydrogen-bond acceptors (Lipinski definition) is 6. The molecule has 6 rings (SSSR count). The zero-order valence-corrected chi connectivity index (χ0v) is 23.0. The molecule has 0 unspecified atom stereocenters. The summed E-state index contributed by atoms with van der Waals surface area (Å²) in [6.45, 7) is 3.05. The number of rotatable bonds is 9. The van der Waals surface area contributed by atoms with E-state index in [1.807, 2.05) is 29.6 Å². The van der Waals surface area contributed by atoms with Crippen molar-refractivity contribution in [1.82, 2.24) is 30.2 Å². The number of nitrogens with zero attached hydrogens (tertiary/aromatic N) is 5. The highest BCUT2D eigenvalue weighted by molar-refractivity contribution is 8.19. The minimum atomic E-state index is 0.459. The molecule has 6 nitrogen and oxygen atoms in total. The summed E-state index contributed by atoms with van der Waals surface area (Å²) in [5.41, 5.74) is 8.10. The molecule has 0 amide bonds. The van der Waals surface area contributed by atoms with Crippen molar-refractivity contribution in [3.63, 3.8) is 0 Å². The predicted octanol–water partition coefficient (Wildman–Crippen LogP) is 7.27. The third-order valence-corrected chi connectivity index (χ3v) is 9.88. The second kappa shape index (κ2) is 11.6. The van der Waals surface area contributed by atoms with Crippen LogP contribution in [0.4, 0.5) is 0 Å². The van der Waals surface area contributed by atoms with E-state index in [9.17, 15) is 0 Å². The van der Waals surface area contributed by atoms with E-state index in [1.165, 1.54) is 46.1 Å². The second-order valence-electron chi connectivity index (χ2n) is 9.43. The Bertz CT molecular complexity index is 1490. The summed E-state index contributed by atoms with van der Waals surface area (Å²) in [5, 5.41) is 14.7. The summed E-state index contributed by atoms with van der Waals surface area (Å²) in [6.07, 6.45) is 5.63. The van der Waals surface area contributed by atoms with Gasteiger partial charge in [-0.15, -0.1) is 28.6 Å². The van der Waals surface area contributed by atoms with Crippen LogP contribution in [0.1, 0.15) is 41.4 Å². The van der Waals surface area contributed by atoms with Crippen molar-refractivity contribution in [1.29, 1.82) is 0 Å². The fraction of sp³-hybridized carbons (Fsp3) is 0.267. The van der Waals surface area contributed by atoms with Crippen LogP contribution in [-0.2, 0) is 13.0 Å². The Morgan fingerprint density at radius 2 is 1.66 bits per heavy atom. The molecule has 5 aromatic rings. The molecule has 0 radical (unpaired) electrons. The molecule has 0 saturated carbocycles. The number of nitrogens with one attached hydrogen (secondary N) is 1. The first-order chi connectivity index (χ1) is 18.8. The SMILES string of the molecule is CCCCc1nc(C2SCCS2)cn1Cc1ccc(-c2ccccc2-c2nnn[nH]2)c(-c2ccccc2)c1. The van der Waals surface area contributed by atoms with Gasteiger partial charge < -0.3 is 4.57 Å². The number of aromatic amines is 1. The average Bonchev–Trinajstić information content (AvgIpc) is 3.75. The quantitative estimate of drug-likeness (QED) is 0.213. The lowest BCUT2D eigenvalue weighted by atomic mass is 9.90. The predicted molar refractivity (Wildman–Crippen MR) is 158 cm³/mol. The smallest absolute Gasteiger partial charge is 0.180 e. The van der Waals surface area contributed by atoms with Crippen molar-refractivity contribution in [3.8, 4) is 33.6 Å². The van der Waals surface area contributed by atoms with E-state index in [4.69, 9.17) is 4.98 Å². The molecule has 3 aromatic carbocycles. The van der Waals surface area contributed by atoms with E-state index in [0.717, 1.165) is 36.1 Å². The van der Waals surface area contributed by atoms with E-state index in [-0.39, 0.29) is 0 Å². The molecule has 1 aliphatic heterocycles. The molecule has 3 heterocycles. The monoisotopic (exact) mass is 538 g/mol. The molecular formula is C30H30N6S2. The summed E-state index contributed by atoms with van der Waals surface area (Å²) < 4.78 is 2.84. The van der Waals surface area contributed by atoms with Crippen molar-refractivity contribution < 1.29 is 0 Å². The van der Waals surface area contributed by atoms with Gasteiger partial charge in [0.05, 0.1) is 10.3 Å². The third kappa shape index (κ3) is 5.28. The molecule has 0 bridgehead atoms. The summed E-state index contributed by atoms with van der Waals surface area (Å²) in [4.78, 5) is 5.11. The number of imidazole rings is 1. The molecule has 0 aliphatic carbocycles. The van der Waals surface area contributed by atoms with Crippen molar-refractivity contribution in [2.24, 2.45) is 0 Å². The van der Waals surface area contributed by atoms with E-state index >= 15 is 0 Å². The first-order valence-electron chi connectivity index (χ1n) is 13.1. The highest BCUT2D eigenvalue weighted by Gasteiger charge is 2.23. The topological polar surface area (TPSA) is 72.3 Å². The van der Waals surface area contributed by atoms with Gasteiger partial charge in [-0.3, -0.25) is 0 Å². The van der Waals surface area contributed by atoms with Gasteiger partial charge in [-0.2, -0.15) is 0 Å². The number of thioether (sulfide) groups is 2. The second-order valence-corrected chi connectivity index (χ2v) is 12.2. The van der Waals surface area contributed by atoms with Gasteiger partial charge >= 0.3 is 0 Å². The Morgan fingerprint density at radius 3 is 2.42 bits per heavy atom. The van der Waals surface area contributed by atoms with Crippen LogP contribution in [0.3, 0.4) is 0 Å². The Balaban J connectivity index is 1.41. The highest BCUT2D eigenvalue weighted by Crippen LogP contribution is 2.45. The normalized spacial score (nSPS) is 13.8. The minimum Gasteiger partial charge on any atom is -0.330 e. The number of hydrogen-bond donors (Lipinski definition) is 1. The summed E-state index contributed by atoms with van der Waals surface area (Å²) >= 11 is 4.04. The largest absolute Gasteiger partial charge is 0.330 e. The Morgan fingerprint density at radius 1 is 0.895 bits per heavy atom. The third-order valence-electron chi connectivity index (χ3n) is 6.83. The van der Waals surface area contributed by atoms with Crippen LogP contribution in [0.25, 0.3) is 33.6 Å². The lowest BCUT2D eigenvalue weighted by Crippen LogP contribution is -2.05. The van der Waals surface area contributed by atoms with Gasteiger partial charge in [0.2, 0.25) is 0 Å². The van der Waals surface area contributed by atoms with Crippen molar-refractivity contribution in [3.05, 3.63) is 96.1 Å². The summed E-state index contributed by atoms with van der Waals surface area (Å²) in [7, 11) is 0. The maximum absolute atomic E-state index is 5.11. The molecular weight excluding hydrogens is 509 g/mol. The van der Waals surface area contributed by atoms with Gasteiger partial charge in [0.25, 0.3) is 0 Å². The molecule has 0 spiro atoms. The lowest BCUT2D eigenvalue weighted by molar-refractivity contribution is 0.678. The highest BCUT2D eigenvalue weighted by atomic mass is 32.2. The molecule has 192 valence electrons. The average molecular weight is 539 g/mol. The first kappa shape index (κ1) is 24.9. The van der Waals surface area contributed by atoms with E-state index in [2.05, 4.69) is 105 Å². The van der Waals surface area contributed by atoms with Gasteiger partial charge in [0.1, 0.15) is 5.82 Å². The van der Waals surface area contributed by atoms with Crippen molar-refractivity contribution >= 4 is 23.5 Å². The number of benzene rings is 3. The van der Waals surface area contributed by atoms with Crippen LogP contribution in [-0.4, -0.2) is 41.7 Å². The van der Waals surface area contributed by atoms with Crippen molar-refractivity contribution in [2.45, 2.75) is 37.3 Å². The number of tetrazole rings is 1. The number of H-pyrrole nitrogens is 1. The van der Waals surface area contributed by atoms with Crippen LogP contribution in [0.5, 0.6) is 0 Å². The van der Waals surface area contributed by atoms with Crippen LogP contribution >= 0.6 is 23.5 Å². The van der Waals surface area contributed by atoms with Gasteiger partial charge in [0.15, 0.2) is 5.82 Å². The minimum absolute atomic E-state index is 0.459. The van der Waals surface area contributed by atoms with Crippen LogP contribution < -0.4 is 0 Å².